The van der Waals surface area contributed by atoms with Crippen LogP contribution in [-0.4, -0.2) is 16.0 Å². The lowest BCUT2D eigenvalue weighted by molar-refractivity contribution is 0.101. The average Bonchev–Trinajstić information content (AvgIpc) is 3.04. The SMILES string of the molecule is O=C1/C(=C/c2c3ccccc3c(Cl)c3ccccc23)Oc2c1ccc(O)c2O. The number of carbonyl (C=O) groups is 1. The fourth-order valence-corrected chi connectivity index (χ4v) is 3.95. The standard InChI is InChI=1S/C23H13ClO4/c24-20-14-7-3-1-5-12(14)17(13-6-2-4-8-15(13)20)11-19-21(26)16-9-10-18(25)22(27)23(16)28-19/h1-11,25,27H/b19-11-. The number of aromatic hydroxyl groups is 2. The summed E-state index contributed by atoms with van der Waals surface area (Å²) in [6.07, 6.45) is 1.67. The predicted molar refractivity (Wildman–Crippen MR) is 109 cm³/mol. The molecule has 4 nitrogen and oxygen atoms in total. The summed E-state index contributed by atoms with van der Waals surface area (Å²) in [6.45, 7) is 0. The second kappa shape index (κ2) is 6.01. The number of fused-ring (bicyclic) bond motifs is 3. The van der Waals surface area contributed by atoms with Crippen molar-refractivity contribution in [1.29, 1.82) is 0 Å². The zero-order valence-corrected chi connectivity index (χ0v) is 15.2. The number of Topliss-reactive ketones (excluding diaryl/α,β-unsaturated/α-hetero) is 1. The maximum absolute atomic E-state index is 12.8. The average molecular weight is 389 g/mol. The molecule has 0 aliphatic carbocycles. The van der Waals surface area contributed by atoms with E-state index in [1.165, 1.54) is 12.1 Å². The van der Waals surface area contributed by atoms with Crippen LogP contribution in [0.4, 0.5) is 0 Å². The first kappa shape index (κ1) is 16.7. The third-order valence-corrected chi connectivity index (χ3v) is 5.38. The van der Waals surface area contributed by atoms with Gasteiger partial charge >= 0.3 is 0 Å². The van der Waals surface area contributed by atoms with Gasteiger partial charge in [-0.1, -0.05) is 60.1 Å². The summed E-state index contributed by atoms with van der Waals surface area (Å²) in [5.74, 6) is -1.09. The van der Waals surface area contributed by atoms with E-state index in [4.69, 9.17) is 16.3 Å². The number of rotatable bonds is 1. The third kappa shape index (κ3) is 2.28. The molecule has 1 aliphatic heterocycles. The fraction of sp³-hybridized carbons (Fsp3) is 0. The second-order valence-electron chi connectivity index (χ2n) is 6.57. The number of phenolic OH excluding ortho intramolecular Hbond substituents is 2. The van der Waals surface area contributed by atoms with Gasteiger partial charge in [0.25, 0.3) is 0 Å². The zero-order chi connectivity index (χ0) is 19.4. The van der Waals surface area contributed by atoms with Crippen LogP contribution >= 0.6 is 11.6 Å². The first-order valence-corrected chi connectivity index (χ1v) is 9.02. The maximum Gasteiger partial charge on any atom is 0.232 e. The number of halogens is 1. The Morgan fingerprint density at radius 3 is 2.00 bits per heavy atom. The van der Waals surface area contributed by atoms with Gasteiger partial charge in [0, 0.05) is 10.8 Å². The van der Waals surface area contributed by atoms with Crippen LogP contribution in [0.25, 0.3) is 27.6 Å². The largest absolute Gasteiger partial charge is 0.504 e. The van der Waals surface area contributed by atoms with E-state index in [9.17, 15) is 15.0 Å². The van der Waals surface area contributed by atoms with Gasteiger partial charge in [-0.2, -0.15) is 0 Å². The van der Waals surface area contributed by atoms with Gasteiger partial charge in [-0.15, -0.1) is 0 Å². The van der Waals surface area contributed by atoms with E-state index in [1.54, 1.807) is 6.08 Å². The lowest BCUT2D eigenvalue weighted by Crippen LogP contribution is -1.98. The Labute approximate surface area is 164 Å². The molecule has 5 heteroatoms. The summed E-state index contributed by atoms with van der Waals surface area (Å²) >= 11 is 6.62. The van der Waals surface area contributed by atoms with Crippen molar-refractivity contribution in [2.45, 2.75) is 0 Å². The van der Waals surface area contributed by atoms with Crippen molar-refractivity contribution in [2.24, 2.45) is 0 Å². The first-order valence-electron chi connectivity index (χ1n) is 8.64. The van der Waals surface area contributed by atoms with Gasteiger partial charge in [0.15, 0.2) is 17.3 Å². The Morgan fingerprint density at radius 1 is 0.821 bits per heavy atom. The van der Waals surface area contributed by atoms with E-state index in [0.717, 1.165) is 27.1 Å². The molecule has 0 spiro atoms. The van der Waals surface area contributed by atoms with E-state index in [0.29, 0.717) is 5.02 Å². The van der Waals surface area contributed by atoms with Crippen molar-refractivity contribution >= 4 is 45.0 Å². The Balaban J connectivity index is 1.80. The third-order valence-electron chi connectivity index (χ3n) is 4.97. The molecule has 0 aromatic heterocycles. The molecule has 28 heavy (non-hydrogen) atoms. The molecule has 1 heterocycles. The number of hydrogen-bond donors (Lipinski definition) is 2. The van der Waals surface area contributed by atoms with Crippen LogP contribution in [0.5, 0.6) is 17.2 Å². The van der Waals surface area contributed by atoms with Crippen LogP contribution in [0.15, 0.2) is 66.4 Å². The van der Waals surface area contributed by atoms with Crippen LogP contribution in [0.1, 0.15) is 15.9 Å². The van der Waals surface area contributed by atoms with Gasteiger partial charge in [-0.05, 0) is 34.5 Å². The number of benzene rings is 4. The number of phenols is 2. The minimum Gasteiger partial charge on any atom is -0.504 e. The molecule has 0 saturated heterocycles. The lowest BCUT2D eigenvalue weighted by Gasteiger charge is -2.11. The Bertz CT molecular complexity index is 1280. The van der Waals surface area contributed by atoms with Crippen LogP contribution < -0.4 is 4.74 Å². The highest BCUT2D eigenvalue weighted by atomic mass is 35.5. The Morgan fingerprint density at radius 2 is 1.39 bits per heavy atom. The molecular formula is C23H13ClO4. The van der Waals surface area contributed by atoms with Gasteiger partial charge in [-0.25, -0.2) is 0 Å². The smallest absolute Gasteiger partial charge is 0.232 e. The molecule has 0 saturated carbocycles. The molecule has 4 aromatic rings. The van der Waals surface area contributed by atoms with Gasteiger partial charge in [0.1, 0.15) is 0 Å². The molecule has 5 rings (SSSR count). The summed E-state index contributed by atoms with van der Waals surface area (Å²) in [7, 11) is 0. The number of ether oxygens (including phenoxy) is 1. The molecular weight excluding hydrogens is 376 g/mol. The van der Waals surface area contributed by atoms with Crippen LogP contribution in [0, 0.1) is 0 Å². The zero-order valence-electron chi connectivity index (χ0n) is 14.4. The normalized spacial score (nSPS) is 14.6. The van der Waals surface area contributed by atoms with Crippen molar-refractivity contribution in [1.82, 2.24) is 0 Å². The molecule has 0 bridgehead atoms. The summed E-state index contributed by atoms with van der Waals surface area (Å²) in [5, 5.41) is 23.9. The van der Waals surface area contributed by atoms with E-state index in [-0.39, 0.29) is 28.6 Å². The Hall–Kier alpha value is -3.50. The molecule has 0 radical (unpaired) electrons. The number of carbonyl (C=O) groups excluding carboxylic acids is 1. The molecule has 0 amide bonds. The van der Waals surface area contributed by atoms with E-state index < -0.39 is 5.75 Å². The van der Waals surface area contributed by atoms with Crippen molar-refractivity contribution in [2.75, 3.05) is 0 Å². The van der Waals surface area contributed by atoms with E-state index >= 15 is 0 Å². The van der Waals surface area contributed by atoms with Crippen LogP contribution in [-0.2, 0) is 0 Å². The van der Waals surface area contributed by atoms with E-state index in [1.807, 2.05) is 48.5 Å². The highest BCUT2D eigenvalue weighted by Crippen LogP contribution is 2.45. The minimum absolute atomic E-state index is 0.0289. The second-order valence-corrected chi connectivity index (χ2v) is 6.95. The van der Waals surface area contributed by atoms with Crippen LogP contribution in [0.2, 0.25) is 5.02 Å². The van der Waals surface area contributed by atoms with Gasteiger partial charge in [0.05, 0.1) is 10.6 Å². The predicted octanol–water partition coefficient (Wildman–Crippen LogP) is 5.67. The van der Waals surface area contributed by atoms with Gasteiger partial charge in [-0.3, -0.25) is 4.79 Å². The molecule has 2 N–H and O–H groups in total. The van der Waals surface area contributed by atoms with Crippen molar-refractivity contribution in [3.8, 4) is 17.2 Å². The molecule has 0 fully saturated rings. The number of hydrogen-bond acceptors (Lipinski definition) is 4. The first-order chi connectivity index (χ1) is 13.6. The summed E-state index contributed by atoms with van der Waals surface area (Å²) in [4.78, 5) is 12.8. The van der Waals surface area contributed by atoms with Crippen LogP contribution in [0.3, 0.4) is 0 Å². The molecule has 0 atom stereocenters. The number of allylic oxidation sites excluding steroid dienone is 1. The highest BCUT2D eigenvalue weighted by Gasteiger charge is 2.31. The monoisotopic (exact) mass is 388 g/mol. The van der Waals surface area contributed by atoms with Crippen molar-refractivity contribution < 1.29 is 19.7 Å². The summed E-state index contributed by atoms with van der Waals surface area (Å²) in [6, 6.07) is 18.1. The minimum atomic E-state index is -0.444. The summed E-state index contributed by atoms with van der Waals surface area (Å²) < 4.78 is 5.63. The summed E-state index contributed by atoms with van der Waals surface area (Å²) in [5.41, 5.74) is 1.01. The quantitative estimate of drug-likeness (QED) is 0.250. The van der Waals surface area contributed by atoms with Gasteiger partial charge in [0.2, 0.25) is 11.5 Å². The molecule has 136 valence electrons. The Kier molecular flexibility index (Phi) is 3.57. The number of ketones is 1. The fourth-order valence-electron chi connectivity index (χ4n) is 3.62. The maximum atomic E-state index is 12.8. The van der Waals surface area contributed by atoms with E-state index in [2.05, 4.69) is 0 Å². The van der Waals surface area contributed by atoms with Crippen molar-refractivity contribution in [3.05, 3.63) is 82.6 Å². The molecule has 0 unspecified atom stereocenters. The topological polar surface area (TPSA) is 66.8 Å². The van der Waals surface area contributed by atoms with Crippen molar-refractivity contribution in [3.63, 3.8) is 0 Å². The van der Waals surface area contributed by atoms with Gasteiger partial charge < -0.3 is 14.9 Å². The molecule has 4 aromatic carbocycles. The molecule has 1 aliphatic rings. The lowest BCUT2D eigenvalue weighted by atomic mass is 9.95. The highest BCUT2D eigenvalue weighted by molar-refractivity contribution is 6.41.